The van der Waals surface area contributed by atoms with E-state index in [1.807, 2.05) is 0 Å². The first-order valence-corrected chi connectivity index (χ1v) is 4.39. The van der Waals surface area contributed by atoms with Gasteiger partial charge in [0, 0.05) is 13.0 Å². The average Bonchev–Trinajstić information content (AvgIpc) is 1.81. The Morgan fingerprint density at radius 1 is 1.10 bits per heavy atom. The number of methoxy groups -OCH3 is 1. The van der Waals surface area contributed by atoms with Crippen molar-refractivity contribution >= 4 is 46.4 Å². The van der Waals surface area contributed by atoms with Crippen LogP contribution in [0, 0.1) is 5.92 Å². The molecule has 0 radical (unpaired) electrons. The van der Waals surface area contributed by atoms with Crippen molar-refractivity contribution in [2.45, 2.75) is 9.67 Å². The molecule has 0 aromatic rings. The van der Waals surface area contributed by atoms with E-state index >= 15 is 0 Å². The molecule has 0 N–H and O–H groups in total. The first-order chi connectivity index (χ1) is 4.59. The summed E-state index contributed by atoms with van der Waals surface area (Å²) < 4.78 is 4.79. The van der Waals surface area contributed by atoms with E-state index in [4.69, 9.17) is 51.1 Å². The smallest absolute Gasteiger partial charge is 0.115 e. The topological polar surface area (TPSA) is 9.23 Å². The zero-order chi connectivity index (χ0) is 8.15. The summed E-state index contributed by atoms with van der Waals surface area (Å²) in [6.07, 6.45) is 0. The van der Waals surface area contributed by atoms with Gasteiger partial charge in [-0.2, -0.15) is 0 Å². The van der Waals surface area contributed by atoms with E-state index in [2.05, 4.69) is 0 Å². The fraction of sp³-hybridized carbons (Fsp3) is 1.00. The number of halogens is 4. The lowest BCUT2D eigenvalue weighted by Crippen LogP contribution is -2.22. The maximum atomic E-state index is 5.53. The Balaban J connectivity index is 3.73. The van der Waals surface area contributed by atoms with Gasteiger partial charge in [-0.05, 0) is 0 Å². The number of rotatable bonds is 4. The number of hydrogen-bond acceptors (Lipinski definition) is 1. The first kappa shape index (κ1) is 11.1. The van der Waals surface area contributed by atoms with E-state index < -0.39 is 9.67 Å². The van der Waals surface area contributed by atoms with Gasteiger partial charge in [-0.25, -0.2) is 0 Å². The van der Waals surface area contributed by atoms with Crippen LogP contribution in [0.5, 0.6) is 0 Å². The largest absolute Gasteiger partial charge is 0.384 e. The lowest BCUT2D eigenvalue weighted by atomic mass is 10.2. The quantitative estimate of drug-likeness (QED) is 0.669. The van der Waals surface area contributed by atoms with Crippen molar-refractivity contribution in [1.82, 2.24) is 0 Å². The van der Waals surface area contributed by atoms with Gasteiger partial charge in [0.25, 0.3) is 0 Å². The highest BCUT2D eigenvalue weighted by atomic mass is 35.5. The Morgan fingerprint density at radius 2 is 1.50 bits per heavy atom. The molecule has 0 aromatic heterocycles. The van der Waals surface area contributed by atoms with Crippen molar-refractivity contribution in [1.29, 1.82) is 0 Å². The molecule has 0 aliphatic carbocycles. The van der Waals surface area contributed by atoms with Gasteiger partial charge in [0.05, 0.1) is 6.61 Å². The van der Waals surface area contributed by atoms with Crippen LogP contribution in [0.2, 0.25) is 0 Å². The van der Waals surface area contributed by atoms with Gasteiger partial charge < -0.3 is 4.74 Å². The fourth-order valence-corrected chi connectivity index (χ4v) is 1.62. The molecule has 0 fully saturated rings. The Morgan fingerprint density at radius 3 is 1.60 bits per heavy atom. The summed E-state index contributed by atoms with van der Waals surface area (Å²) in [7, 11) is 1.54. The summed E-state index contributed by atoms with van der Waals surface area (Å²) in [5.74, 6) is -0.225. The van der Waals surface area contributed by atoms with Crippen LogP contribution in [0.4, 0.5) is 0 Å². The van der Waals surface area contributed by atoms with Crippen LogP contribution in [-0.4, -0.2) is 23.4 Å². The van der Waals surface area contributed by atoms with Gasteiger partial charge in [0.2, 0.25) is 0 Å². The summed E-state index contributed by atoms with van der Waals surface area (Å²) in [5.41, 5.74) is 0. The third-order valence-corrected chi connectivity index (χ3v) is 2.30. The monoisotopic (exact) mass is 224 g/mol. The molecule has 0 aromatic carbocycles. The van der Waals surface area contributed by atoms with E-state index in [9.17, 15) is 0 Å². The summed E-state index contributed by atoms with van der Waals surface area (Å²) in [6.45, 7) is 0.370. The summed E-state index contributed by atoms with van der Waals surface area (Å²) >= 11 is 22.1. The van der Waals surface area contributed by atoms with Crippen LogP contribution in [0.3, 0.4) is 0 Å². The number of ether oxygens (including phenoxy) is 1. The SMILES string of the molecule is COCC(C(Cl)Cl)C(Cl)Cl. The molecule has 0 rings (SSSR count). The maximum Gasteiger partial charge on any atom is 0.115 e. The second-order valence-corrected chi connectivity index (χ2v) is 4.12. The van der Waals surface area contributed by atoms with Crippen LogP contribution in [-0.2, 0) is 4.74 Å². The van der Waals surface area contributed by atoms with Gasteiger partial charge in [-0.15, -0.1) is 46.4 Å². The molecule has 62 valence electrons. The molecule has 0 amide bonds. The minimum Gasteiger partial charge on any atom is -0.384 e. The van der Waals surface area contributed by atoms with E-state index in [1.165, 1.54) is 0 Å². The van der Waals surface area contributed by atoms with Crippen molar-refractivity contribution < 1.29 is 4.74 Å². The normalized spacial score (nSPS) is 12.0. The lowest BCUT2D eigenvalue weighted by Gasteiger charge is -2.16. The molecule has 0 heterocycles. The van der Waals surface area contributed by atoms with Crippen molar-refractivity contribution in [3.05, 3.63) is 0 Å². The summed E-state index contributed by atoms with van der Waals surface area (Å²) in [5, 5.41) is 0. The Kier molecular flexibility index (Phi) is 6.37. The molecule has 0 atom stereocenters. The molecule has 0 bridgehead atoms. The van der Waals surface area contributed by atoms with Crippen LogP contribution in [0.1, 0.15) is 0 Å². The fourth-order valence-electron chi connectivity index (χ4n) is 0.448. The molecule has 0 aliphatic rings. The van der Waals surface area contributed by atoms with Crippen molar-refractivity contribution in [3.8, 4) is 0 Å². The van der Waals surface area contributed by atoms with E-state index in [0.717, 1.165) is 0 Å². The highest BCUT2D eigenvalue weighted by molar-refractivity contribution is 6.48. The molecule has 0 unspecified atom stereocenters. The molecular weight excluding hydrogens is 218 g/mol. The second-order valence-electron chi connectivity index (χ2n) is 1.79. The standard InChI is InChI=1S/C5H8Cl4O/c1-10-2-3(4(6)7)5(8)9/h3-5H,2H2,1H3. The third-order valence-electron chi connectivity index (χ3n) is 1.01. The molecule has 0 saturated heterocycles. The van der Waals surface area contributed by atoms with Gasteiger partial charge in [-0.3, -0.25) is 0 Å². The minimum atomic E-state index is -0.583. The van der Waals surface area contributed by atoms with E-state index in [1.54, 1.807) is 7.11 Å². The van der Waals surface area contributed by atoms with Crippen molar-refractivity contribution in [3.63, 3.8) is 0 Å². The predicted octanol–water partition coefficient (Wildman–Crippen LogP) is 2.86. The highest BCUT2D eigenvalue weighted by Crippen LogP contribution is 2.25. The molecule has 10 heavy (non-hydrogen) atoms. The predicted molar refractivity (Wildman–Crippen MR) is 46.4 cm³/mol. The number of alkyl halides is 4. The minimum absolute atomic E-state index is 0.225. The van der Waals surface area contributed by atoms with Crippen LogP contribution in [0.15, 0.2) is 0 Å². The van der Waals surface area contributed by atoms with Gasteiger partial charge >= 0.3 is 0 Å². The Hall–Kier alpha value is 1.12. The van der Waals surface area contributed by atoms with E-state index in [0.29, 0.717) is 6.61 Å². The number of hydrogen-bond donors (Lipinski definition) is 0. The summed E-state index contributed by atoms with van der Waals surface area (Å²) in [4.78, 5) is -1.17. The van der Waals surface area contributed by atoms with Gasteiger partial charge in [-0.1, -0.05) is 0 Å². The van der Waals surface area contributed by atoms with E-state index in [-0.39, 0.29) is 5.92 Å². The molecule has 0 aliphatic heterocycles. The lowest BCUT2D eigenvalue weighted by molar-refractivity contribution is 0.162. The molecule has 1 nitrogen and oxygen atoms in total. The Labute approximate surface area is 80.5 Å². The molecular formula is C5H8Cl4O. The molecule has 0 spiro atoms. The van der Waals surface area contributed by atoms with Gasteiger partial charge in [0.1, 0.15) is 9.67 Å². The highest BCUT2D eigenvalue weighted by Gasteiger charge is 2.23. The average molecular weight is 226 g/mol. The molecule has 5 heteroatoms. The molecule has 0 saturated carbocycles. The third kappa shape index (κ3) is 4.09. The summed E-state index contributed by atoms with van der Waals surface area (Å²) in [6, 6.07) is 0. The zero-order valence-electron chi connectivity index (χ0n) is 5.36. The Bertz CT molecular complexity index is 77.7. The van der Waals surface area contributed by atoms with Crippen LogP contribution < -0.4 is 0 Å². The second kappa shape index (κ2) is 5.73. The first-order valence-electron chi connectivity index (χ1n) is 2.64. The van der Waals surface area contributed by atoms with Crippen LogP contribution >= 0.6 is 46.4 Å². The zero-order valence-corrected chi connectivity index (χ0v) is 8.38. The van der Waals surface area contributed by atoms with Crippen LogP contribution in [0.25, 0.3) is 0 Å². The van der Waals surface area contributed by atoms with Crippen molar-refractivity contribution in [2.75, 3.05) is 13.7 Å². The van der Waals surface area contributed by atoms with Crippen molar-refractivity contribution in [2.24, 2.45) is 5.92 Å². The van der Waals surface area contributed by atoms with Gasteiger partial charge in [0.15, 0.2) is 0 Å². The maximum absolute atomic E-state index is 5.53.